The van der Waals surface area contributed by atoms with Crippen LogP contribution >= 0.6 is 0 Å². The summed E-state index contributed by atoms with van der Waals surface area (Å²) in [4.78, 5) is 4.39. The Kier molecular flexibility index (Phi) is 3.19. The predicted molar refractivity (Wildman–Crippen MR) is 79.4 cm³/mol. The minimum absolute atomic E-state index is 0.335. The van der Waals surface area contributed by atoms with Gasteiger partial charge < -0.3 is 4.57 Å². The Morgan fingerprint density at radius 2 is 1.90 bits per heavy atom. The quantitative estimate of drug-likeness (QED) is 0.717. The summed E-state index contributed by atoms with van der Waals surface area (Å²) in [6.07, 6.45) is 1.75. The first-order valence-corrected chi connectivity index (χ1v) is 6.68. The van der Waals surface area contributed by atoms with Gasteiger partial charge in [0.1, 0.15) is 5.82 Å². The van der Waals surface area contributed by atoms with Gasteiger partial charge in [0.2, 0.25) is 0 Å². The van der Waals surface area contributed by atoms with Crippen molar-refractivity contribution < 1.29 is 4.39 Å². The standard InChI is InChI=1S/C17H14FN3/c1-11-3-16-17(4-12(11)2)21(10-20-16)9-14-5-13(8-19)6-15(18)7-14/h3-7,10H,9H2,1-2H3. The number of imidazole rings is 1. The van der Waals surface area contributed by atoms with E-state index in [0.29, 0.717) is 12.1 Å². The van der Waals surface area contributed by atoms with Gasteiger partial charge >= 0.3 is 0 Å². The molecule has 0 fully saturated rings. The fourth-order valence-electron chi connectivity index (χ4n) is 2.44. The van der Waals surface area contributed by atoms with E-state index in [1.807, 2.05) is 16.7 Å². The largest absolute Gasteiger partial charge is 0.326 e. The zero-order chi connectivity index (χ0) is 15.0. The Balaban J connectivity index is 2.04. The lowest BCUT2D eigenvalue weighted by Crippen LogP contribution is -1.99. The molecular formula is C17H14FN3. The Morgan fingerprint density at radius 3 is 2.67 bits per heavy atom. The number of halogens is 1. The van der Waals surface area contributed by atoms with Gasteiger partial charge in [0.15, 0.2) is 0 Å². The molecular weight excluding hydrogens is 265 g/mol. The number of nitriles is 1. The number of benzene rings is 2. The number of aromatic nitrogens is 2. The summed E-state index contributed by atoms with van der Waals surface area (Å²) in [5, 5.41) is 8.92. The Bertz CT molecular complexity index is 872. The van der Waals surface area contributed by atoms with E-state index in [4.69, 9.17) is 5.26 Å². The number of hydrogen-bond acceptors (Lipinski definition) is 2. The number of aryl methyl sites for hydroxylation is 2. The van der Waals surface area contributed by atoms with Crippen LogP contribution in [0.25, 0.3) is 11.0 Å². The van der Waals surface area contributed by atoms with Gasteiger partial charge in [0.05, 0.1) is 29.0 Å². The van der Waals surface area contributed by atoms with Gasteiger partial charge in [0, 0.05) is 6.54 Å². The molecule has 1 heterocycles. The lowest BCUT2D eigenvalue weighted by Gasteiger charge is -2.07. The molecule has 1 aromatic heterocycles. The third kappa shape index (κ3) is 2.50. The van der Waals surface area contributed by atoms with Gasteiger partial charge in [-0.2, -0.15) is 5.26 Å². The molecule has 0 radical (unpaired) electrons. The number of nitrogens with zero attached hydrogens (tertiary/aromatic N) is 3. The normalized spacial score (nSPS) is 10.8. The smallest absolute Gasteiger partial charge is 0.124 e. The molecule has 0 saturated carbocycles. The van der Waals surface area contributed by atoms with Crippen molar-refractivity contribution in [3.05, 3.63) is 64.7 Å². The lowest BCUT2D eigenvalue weighted by molar-refractivity contribution is 0.623. The van der Waals surface area contributed by atoms with E-state index in [1.165, 1.54) is 23.3 Å². The highest BCUT2D eigenvalue weighted by molar-refractivity contribution is 5.77. The van der Waals surface area contributed by atoms with Crippen LogP contribution in [0.5, 0.6) is 0 Å². The molecule has 0 spiro atoms. The molecule has 3 nitrogen and oxygen atoms in total. The summed E-state index contributed by atoms with van der Waals surface area (Å²) in [7, 11) is 0. The molecule has 0 aliphatic rings. The highest BCUT2D eigenvalue weighted by atomic mass is 19.1. The first-order valence-electron chi connectivity index (χ1n) is 6.68. The number of rotatable bonds is 2. The summed E-state index contributed by atoms with van der Waals surface area (Å²) in [5.41, 5.74) is 5.42. The van der Waals surface area contributed by atoms with E-state index >= 15 is 0 Å². The van der Waals surface area contributed by atoms with Gasteiger partial charge in [0.25, 0.3) is 0 Å². The molecule has 104 valence electrons. The SMILES string of the molecule is Cc1cc2ncn(Cc3cc(F)cc(C#N)c3)c2cc1C. The van der Waals surface area contributed by atoms with Crippen LogP contribution in [0.15, 0.2) is 36.7 Å². The molecule has 0 aliphatic heterocycles. The van der Waals surface area contributed by atoms with Gasteiger partial charge in [-0.05, 0) is 60.9 Å². The lowest BCUT2D eigenvalue weighted by atomic mass is 10.1. The molecule has 3 aromatic rings. The third-order valence-electron chi connectivity index (χ3n) is 3.68. The van der Waals surface area contributed by atoms with Gasteiger partial charge in [-0.25, -0.2) is 9.37 Å². The maximum Gasteiger partial charge on any atom is 0.124 e. The summed E-state index contributed by atoms with van der Waals surface area (Å²) in [6, 6.07) is 10.5. The van der Waals surface area contributed by atoms with E-state index in [-0.39, 0.29) is 5.82 Å². The molecule has 2 aromatic carbocycles. The third-order valence-corrected chi connectivity index (χ3v) is 3.68. The molecule has 0 unspecified atom stereocenters. The van der Waals surface area contributed by atoms with Crippen LogP contribution in [0.4, 0.5) is 4.39 Å². The Hall–Kier alpha value is -2.67. The molecule has 0 aliphatic carbocycles. The minimum atomic E-state index is -0.388. The van der Waals surface area contributed by atoms with Gasteiger partial charge in [-0.3, -0.25) is 0 Å². The van der Waals surface area contributed by atoms with Gasteiger partial charge in [-0.1, -0.05) is 0 Å². The van der Waals surface area contributed by atoms with Crippen LogP contribution in [0.3, 0.4) is 0 Å². The molecule has 21 heavy (non-hydrogen) atoms. The second kappa shape index (κ2) is 5.02. The first-order chi connectivity index (χ1) is 10.1. The highest BCUT2D eigenvalue weighted by Gasteiger charge is 2.07. The predicted octanol–water partition coefficient (Wildman–Crippen LogP) is 3.71. The highest BCUT2D eigenvalue weighted by Crippen LogP contribution is 2.20. The van der Waals surface area contributed by atoms with Crippen LogP contribution in [-0.2, 0) is 6.54 Å². The maximum absolute atomic E-state index is 13.5. The van der Waals surface area contributed by atoms with Crippen molar-refractivity contribution in [3.63, 3.8) is 0 Å². The van der Waals surface area contributed by atoms with Gasteiger partial charge in [-0.15, -0.1) is 0 Å². The van der Waals surface area contributed by atoms with Crippen molar-refractivity contribution in [1.29, 1.82) is 5.26 Å². The van der Waals surface area contributed by atoms with Crippen molar-refractivity contribution in [3.8, 4) is 6.07 Å². The zero-order valence-corrected chi connectivity index (χ0v) is 11.9. The van der Waals surface area contributed by atoms with Crippen molar-refractivity contribution in [2.45, 2.75) is 20.4 Å². The average molecular weight is 279 g/mol. The Morgan fingerprint density at radius 1 is 1.14 bits per heavy atom. The van der Waals surface area contributed by atoms with E-state index < -0.39 is 0 Å². The second-order valence-corrected chi connectivity index (χ2v) is 5.26. The second-order valence-electron chi connectivity index (χ2n) is 5.26. The fourth-order valence-corrected chi connectivity index (χ4v) is 2.44. The summed E-state index contributed by atoms with van der Waals surface area (Å²) >= 11 is 0. The summed E-state index contributed by atoms with van der Waals surface area (Å²) < 4.78 is 15.5. The number of fused-ring (bicyclic) bond motifs is 1. The zero-order valence-electron chi connectivity index (χ0n) is 11.9. The van der Waals surface area contributed by atoms with Crippen molar-refractivity contribution in [2.75, 3.05) is 0 Å². The molecule has 4 heteroatoms. The Labute approximate surface area is 122 Å². The molecule has 0 bridgehead atoms. The summed E-state index contributed by atoms with van der Waals surface area (Å²) in [5.74, 6) is -0.388. The van der Waals surface area contributed by atoms with Crippen LogP contribution in [0, 0.1) is 31.0 Å². The van der Waals surface area contributed by atoms with Crippen molar-refractivity contribution in [1.82, 2.24) is 9.55 Å². The number of hydrogen-bond donors (Lipinski definition) is 0. The van der Waals surface area contributed by atoms with Crippen molar-refractivity contribution >= 4 is 11.0 Å². The average Bonchev–Trinajstić information content (AvgIpc) is 2.81. The van der Waals surface area contributed by atoms with Crippen LogP contribution in [0.1, 0.15) is 22.3 Å². The molecule has 3 rings (SSSR count). The van der Waals surface area contributed by atoms with Crippen LogP contribution < -0.4 is 0 Å². The molecule has 0 atom stereocenters. The van der Waals surface area contributed by atoms with E-state index in [9.17, 15) is 4.39 Å². The van der Waals surface area contributed by atoms with Crippen LogP contribution in [0.2, 0.25) is 0 Å². The van der Waals surface area contributed by atoms with E-state index in [0.717, 1.165) is 16.6 Å². The topological polar surface area (TPSA) is 41.6 Å². The fraction of sp³-hybridized carbons (Fsp3) is 0.176. The van der Waals surface area contributed by atoms with Crippen molar-refractivity contribution in [2.24, 2.45) is 0 Å². The van der Waals surface area contributed by atoms with Crippen LogP contribution in [-0.4, -0.2) is 9.55 Å². The maximum atomic E-state index is 13.5. The first kappa shape index (κ1) is 13.3. The van der Waals surface area contributed by atoms with E-state index in [1.54, 1.807) is 12.4 Å². The molecule has 0 saturated heterocycles. The molecule has 0 amide bonds. The minimum Gasteiger partial charge on any atom is -0.326 e. The summed E-state index contributed by atoms with van der Waals surface area (Å²) in [6.45, 7) is 4.60. The monoisotopic (exact) mass is 279 g/mol. The van der Waals surface area contributed by atoms with E-state index in [2.05, 4.69) is 24.9 Å². The molecule has 0 N–H and O–H groups in total.